The molecular weight excluding hydrogens is 252 g/mol. The standard InChI is InChI=1S/C16H22N2S/c1-2-17-12-16(9-5-6-10-16)11-15-18-13-7-3-4-8-14(13)19-15/h3-4,7-8,17H,2,5-6,9-12H2,1H3. The van der Waals surface area contributed by atoms with Crippen LogP contribution in [0.4, 0.5) is 0 Å². The first kappa shape index (κ1) is 13.1. The van der Waals surface area contributed by atoms with Crippen molar-refractivity contribution in [3.63, 3.8) is 0 Å². The van der Waals surface area contributed by atoms with Gasteiger partial charge in [-0.2, -0.15) is 0 Å². The van der Waals surface area contributed by atoms with Gasteiger partial charge < -0.3 is 5.32 Å². The minimum Gasteiger partial charge on any atom is -0.316 e. The summed E-state index contributed by atoms with van der Waals surface area (Å²) in [6.45, 7) is 4.42. The Morgan fingerprint density at radius 1 is 1.26 bits per heavy atom. The van der Waals surface area contributed by atoms with Crippen molar-refractivity contribution in [1.29, 1.82) is 0 Å². The van der Waals surface area contributed by atoms with E-state index in [1.807, 2.05) is 11.3 Å². The van der Waals surface area contributed by atoms with E-state index >= 15 is 0 Å². The zero-order chi connectivity index (χ0) is 13.1. The molecule has 1 aromatic heterocycles. The Morgan fingerprint density at radius 3 is 2.79 bits per heavy atom. The molecule has 0 unspecified atom stereocenters. The average molecular weight is 274 g/mol. The van der Waals surface area contributed by atoms with E-state index in [4.69, 9.17) is 4.98 Å². The summed E-state index contributed by atoms with van der Waals surface area (Å²) in [7, 11) is 0. The number of benzene rings is 1. The lowest BCUT2D eigenvalue weighted by Gasteiger charge is -2.28. The summed E-state index contributed by atoms with van der Waals surface area (Å²) in [5, 5.41) is 4.88. The molecule has 0 amide bonds. The van der Waals surface area contributed by atoms with E-state index in [0.717, 1.165) is 19.5 Å². The van der Waals surface area contributed by atoms with Gasteiger partial charge in [-0.1, -0.05) is 31.9 Å². The van der Waals surface area contributed by atoms with Gasteiger partial charge in [0.2, 0.25) is 0 Å². The lowest BCUT2D eigenvalue weighted by atomic mass is 9.83. The highest BCUT2D eigenvalue weighted by atomic mass is 32.1. The second kappa shape index (κ2) is 5.59. The summed E-state index contributed by atoms with van der Waals surface area (Å²) < 4.78 is 1.33. The van der Waals surface area contributed by atoms with Gasteiger partial charge in [-0.3, -0.25) is 0 Å². The van der Waals surface area contributed by atoms with Crippen LogP contribution in [0.3, 0.4) is 0 Å². The lowest BCUT2D eigenvalue weighted by Crippen LogP contribution is -2.33. The van der Waals surface area contributed by atoms with Crippen LogP contribution in [0, 0.1) is 5.41 Å². The molecule has 0 bridgehead atoms. The van der Waals surface area contributed by atoms with Crippen molar-refractivity contribution in [2.75, 3.05) is 13.1 Å². The predicted octanol–water partition coefficient (Wildman–Crippen LogP) is 4.01. The van der Waals surface area contributed by atoms with Gasteiger partial charge in [0.25, 0.3) is 0 Å². The predicted molar refractivity (Wildman–Crippen MR) is 82.8 cm³/mol. The van der Waals surface area contributed by atoms with E-state index in [1.165, 1.54) is 40.9 Å². The molecule has 2 aromatic rings. The normalized spacial score (nSPS) is 18.2. The molecule has 1 aliphatic carbocycles. The molecule has 3 rings (SSSR count). The van der Waals surface area contributed by atoms with Gasteiger partial charge in [0.15, 0.2) is 0 Å². The van der Waals surface area contributed by atoms with Crippen molar-refractivity contribution < 1.29 is 0 Å². The topological polar surface area (TPSA) is 24.9 Å². The van der Waals surface area contributed by atoms with E-state index < -0.39 is 0 Å². The lowest BCUT2D eigenvalue weighted by molar-refractivity contribution is 0.280. The molecule has 2 nitrogen and oxygen atoms in total. The third-order valence-corrected chi connectivity index (χ3v) is 5.32. The maximum absolute atomic E-state index is 4.82. The summed E-state index contributed by atoms with van der Waals surface area (Å²) in [5.41, 5.74) is 1.63. The highest BCUT2D eigenvalue weighted by molar-refractivity contribution is 7.18. The second-order valence-electron chi connectivity index (χ2n) is 5.74. The van der Waals surface area contributed by atoms with Crippen LogP contribution in [0.5, 0.6) is 0 Å². The van der Waals surface area contributed by atoms with Gasteiger partial charge in [0.05, 0.1) is 15.2 Å². The fourth-order valence-corrected chi connectivity index (χ4v) is 4.39. The van der Waals surface area contributed by atoms with Crippen molar-refractivity contribution in [2.24, 2.45) is 5.41 Å². The monoisotopic (exact) mass is 274 g/mol. The Kier molecular flexibility index (Phi) is 3.85. The first-order valence-electron chi connectivity index (χ1n) is 7.36. The molecular formula is C16H22N2S. The van der Waals surface area contributed by atoms with Gasteiger partial charge in [-0.25, -0.2) is 4.98 Å². The molecule has 1 fully saturated rings. The number of nitrogens with one attached hydrogen (secondary N) is 1. The maximum atomic E-state index is 4.82. The summed E-state index contributed by atoms with van der Waals surface area (Å²) in [6, 6.07) is 8.49. The van der Waals surface area contributed by atoms with E-state index in [1.54, 1.807) is 0 Å². The van der Waals surface area contributed by atoms with E-state index in [-0.39, 0.29) is 0 Å². The number of rotatable bonds is 5. The molecule has 102 valence electrons. The molecule has 19 heavy (non-hydrogen) atoms. The summed E-state index contributed by atoms with van der Waals surface area (Å²) >= 11 is 1.88. The summed E-state index contributed by atoms with van der Waals surface area (Å²) in [5.74, 6) is 0. The van der Waals surface area contributed by atoms with Gasteiger partial charge >= 0.3 is 0 Å². The van der Waals surface area contributed by atoms with Crippen LogP contribution in [-0.2, 0) is 6.42 Å². The van der Waals surface area contributed by atoms with Crippen LogP contribution < -0.4 is 5.32 Å². The molecule has 1 heterocycles. The van der Waals surface area contributed by atoms with E-state index in [0.29, 0.717) is 5.41 Å². The molecule has 0 saturated heterocycles. The Bertz CT molecular complexity index is 507. The number of thiazole rings is 1. The minimum absolute atomic E-state index is 0.462. The van der Waals surface area contributed by atoms with Crippen molar-refractivity contribution in [3.05, 3.63) is 29.3 Å². The molecule has 0 atom stereocenters. The van der Waals surface area contributed by atoms with Crippen molar-refractivity contribution in [1.82, 2.24) is 10.3 Å². The number of hydrogen-bond donors (Lipinski definition) is 1. The average Bonchev–Trinajstić information content (AvgIpc) is 3.03. The third-order valence-electron chi connectivity index (χ3n) is 4.28. The molecule has 1 aromatic carbocycles. The fraction of sp³-hybridized carbons (Fsp3) is 0.562. The summed E-state index contributed by atoms with van der Waals surface area (Å²) in [4.78, 5) is 4.82. The summed E-state index contributed by atoms with van der Waals surface area (Å²) in [6.07, 6.45) is 6.64. The number of para-hydroxylation sites is 1. The minimum atomic E-state index is 0.462. The van der Waals surface area contributed by atoms with Crippen LogP contribution in [0.15, 0.2) is 24.3 Å². The van der Waals surface area contributed by atoms with Crippen LogP contribution in [-0.4, -0.2) is 18.1 Å². The third kappa shape index (κ3) is 2.82. The van der Waals surface area contributed by atoms with Gasteiger partial charge in [0.1, 0.15) is 0 Å². The van der Waals surface area contributed by atoms with Crippen LogP contribution in [0.25, 0.3) is 10.2 Å². The van der Waals surface area contributed by atoms with Crippen molar-refractivity contribution >= 4 is 21.6 Å². The van der Waals surface area contributed by atoms with Gasteiger partial charge in [-0.05, 0) is 36.9 Å². The first-order chi connectivity index (χ1) is 9.31. The van der Waals surface area contributed by atoms with Crippen LogP contribution >= 0.6 is 11.3 Å². The highest BCUT2D eigenvalue weighted by Gasteiger charge is 2.34. The zero-order valence-corrected chi connectivity index (χ0v) is 12.4. The van der Waals surface area contributed by atoms with Crippen molar-refractivity contribution in [3.8, 4) is 0 Å². The molecule has 3 heteroatoms. The van der Waals surface area contributed by atoms with Gasteiger partial charge in [-0.15, -0.1) is 11.3 Å². The number of hydrogen-bond acceptors (Lipinski definition) is 3. The molecule has 0 radical (unpaired) electrons. The van der Waals surface area contributed by atoms with Crippen LogP contribution in [0.2, 0.25) is 0 Å². The molecule has 1 aliphatic rings. The first-order valence-corrected chi connectivity index (χ1v) is 8.18. The number of aromatic nitrogens is 1. The zero-order valence-electron chi connectivity index (χ0n) is 11.6. The van der Waals surface area contributed by atoms with Crippen LogP contribution in [0.1, 0.15) is 37.6 Å². The molecule has 1 N–H and O–H groups in total. The Balaban J connectivity index is 1.81. The highest BCUT2D eigenvalue weighted by Crippen LogP contribution is 2.41. The second-order valence-corrected chi connectivity index (χ2v) is 6.85. The van der Waals surface area contributed by atoms with Crippen molar-refractivity contribution in [2.45, 2.75) is 39.0 Å². The number of nitrogens with zero attached hydrogens (tertiary/aromatic N) is 1. The fourth-order valence-electron chi connectivity index (χ4n) is 3.25. The SMILES string of the molecule is CCNCC1(Cc2nc3ccccc3s2)CCCC1. The number of fused-ring (bicyclic) bond motifs is 1. The molecule has 1 saturated carbocycles. The quantitative estimate of drug-likeness (QED) is 0.891. The molecule has 0 aliphatic heterocycles. The largest absolute Gasteiger partial charge is 0.316 e. The maximum Gasteiger partial charge on any atom is 0.0944 e. The molecule has 0 spiro atoms. The van der Waals surface area contributed by atoms with Gasteiger partial charge in [0, 0.05) is 13.0 Å². The smallest absolute Gasteiger partial charge is 0.0944 e. The Labute approximate surface area is 119 Å². The van der Waals surface area contributed by atoms with E-state index in [2.05, 4.69) is 36.5 Å². The van der Waals surface area contributed by atoms with E-state index in [9.17, 15) is 0 Å². The Hall–Kier alpha value is -0.930. The Morgan fingerprint density at radius 2 is 2.05 bits per heavy atom.